The molecule has 4 nitrogen and oxygen atoms in total. The van der Waals surface area contributed by atoms with E-state index in [9.17, 15) is 9.18 Å². The van der Waals surface area contributed by atoms with Gasteiger partial charge in [0, 0.05) is 6.42 Å². The van der Waals surface area contributed by atoms with E-state index in [1.54, 1.807) is 0 Å². The van der Waals surface area contributed by atoms with Gasteiger partial charge in [0.2, 0.25) is 0 Å². The summed E-state index contributed by atoms with van der Waals surface area (Å²) < 4.78 is 19.2. The predicted octanol–water partition coefficient (Wildman–Crippen LogP) is -1.63. The maximum Gasteiger partial charge on any atom is 0.410 e. The molecule has 0 aromatic heterocycles. The van der Waals surface area contributed by atoms with E-state index in [-0.39, 0.29) is 31.6 Å². The Labute approximate surface area is 124 Å². The number of hydrogen-bond acceptors (Lipinski definition) is 2. The number of carbonyl (C=O) groups excluding carboxylic acids is 1. The molecule has 0 unspecified atom stereocenters. The van der Waals surface area contributed by atoms with Crippen molar-refractivity contribution >= 4 is 6.09 Å². The third-order valence-corrected chi connectivity index (χ3v) is 3.18. The van der Waals surface area contributed by atoms with Crippen LogP contribution in [0.2, 0.25) is 0 Å². The van der Waals surface area contributed by atoms with Gasteiger partial charge in [-0.05, 0) is 12.5 Å². The van der Waals surface area contributed by atoms with Crippen LogP contribution in [-0.2, 0) is 11.3 Å². The van der Waals surface area contributed by atoms with Crippen LogP contribution in [0.15, 0.2) is 30.3 Å². The second-order valence-corrected chi connectivity index (χ2v) is 5.40. The lowest BCUT2D eigenvalue weighted by Gasteiger charge is -2.36. The molecule has 1 aromatic carbocycles. The third kappa shape index (κ3) is 4.65. The topological polar surface area (TPSA) is 57.2 Å². The molecule has 0 radical (unpaired) electrons. The van der Waals surface area contributed by atoms with Gasteiger partial charge in [-0.1, -0.05) is 30.3 Å². The Morgan fingerprint density at radius 2 is 2.15 bits per heavy atom. The normalized spacial score (nSPS) is 25.8. The highest BCUT2D eigenvalue weighted by Gasteiger charge is 2.39. The van der Waals surface area contributed by atoms with Crippen molar-refractivity contribution in [2.75, 3.05) is 13.1 Å². The van der Waals surface area contributed by atoms with Crippen LogP contribution in [0.25, 0.3) is 0 Å². The van der Waals surface area contributed by atoms with Crippen LogP contribution in [0, 0.1) is 0 Å². The molecule has 1 aliphatic rings. The Balaban J connectivity index is 0.00000200. The van der Waals surface area contributed by atoms with E-state index in [2.05, 4.69) is 5.73 Å². The quantitative estimate of drug-likeness (QED) is 0.713. The number of alkyl halides is 1. The van der Waals surface area contributed by atoms with E-state index in [1.165, 1.54) is 11.8 Å². The lowest BCUT2D eigenvalue weighted by Crippen LogP contribution is -3.00. The molecule has 1 aromatic rings. The van der Waals surface area contributed by atoms with Gasteiger partial charge in [-0.25, -0.2) is 9.18 Å². The average molecular weight is 303 g/mol. The smallest absolute Gasteiger partial charge is 0.410 e. The van der Waals surface area contributed by atoms with Crippen molar-refractivity contribution < 1.29 is 32.1 Å². The Morgan fingerprint density at radius 1 is 1.50 bits per heavy atom. The summed E-state index contributed by atoms with van der Waals surface area (Å²) in [5.41, 5.74) is 3.39. The summed E-state index contributed by atoms with van der Waals surface area (Å²) in [6, 6.07) is 9.34. The van der Waals surface area contributed by atoms with Gasteiger partial charge in [0.15, 0.2) is 0 Å². The monoisotopic (exact) mass is 302 g/mol. The Hall–Kier alpha value is -1.33. The highest BCUT2D eigenvalue weighted by Crippen LogP contribution is 2.23. The summed E-state index contributed by atoms with van der Waals surface area (Å²) in [7, 11) is 0. The number of amides is 1. The molecule has 1 amide bonds. The predicted molar refractivity (Wildman–Crippen MR) is 69.0 cm³/mol. The van der Waals surface area contributed by atoms with E-state index in [0.29, 0.717) is 13.0 Å². The van der Waals surface area contributed by atoms with Crippen molar-refractivity contribution in [1.82, 2.24) is 4.90 Å². The minimum atomic E-state index is -1.38. The van der Waals surface area contributed by atoms with Gasteiger partial charge in [-0.2, -0.15) is 0 Å². The molecular formula is C14H20ClFN2O2. The highest BCUT2D eigenvalue weighted by atomic mass is 35.5. The fraction of sp³-hybridized carbons (Fsp3) is 0.500. The van der Waals surface area contributed by atoms with E-state index >= 15 is 0 Å². The zero-order valence-electron chi connectivity index (χ0n) is 11.5. The Bertz CT molecular complexity index is 442. The Kier molecular flexibility index (Phi) is 5.77. The fourth-order valence-corrected chi connectivity index (χ4v) is 2.45. The highest BCUT2D eigenvalue weighted by molar-refractivity contribution is 5.68. The molecule has 3 N–H and O–H groups in total. The number of piperidine rings is 1. The van der Waals surface area contributed by atoms with E-state index in [4.69, 9.17) is 4.74 Å². The number of carbonyl (C=O) groups is 1. The summed E-state index contributed by atoms with van der Waals surface area (Å²) in [5.74, 6) is 0. The molecule has 0 bridgehead atoms. The summed E-state index contributed by atoms with van der Waals surface area (Å²) in [6.07, 6.45) is -0.0868. The summed E-state index contributed by atoms with van der Waals surface area (Å²) in [4.78, 5) is 13.3. The third-order valence-electron chi connectivity index (χ3n) is 3.18. The molecule has 0 spiro atoms. The van der Waals surface area contributed by atoms with Crippen LogP contribution in [-0.4, -0.2) is 35.8 Å². The van der Waals surface area contributed by atoms with Crippen molar-refractivity contribution in [1.29, 1.82) is 0 Å². The molecule has 1 heterocycles. The molecule has 2 atom stereocenters. The van der Waals surface area contributed by atoms with Gasteiger partial charge in [0.25, 0.3) is 0 Å². The second kappa shape index (κ2) is 6.90. The first-order valence-electron chi connectivity index (χ1n) is 6.44. The van der Waals surface area contributed by atoms with Crippen LogP contribution in [0.5, 0.6) is 0 Å². The van der Waals surface area contributed by atoms with Crippen molar-refractivity contribution in [3.05, 3.63) is 35.9 Å². The largest absolute Gasteiger partial charge is 1.00 e. The van der Waals surface area contributed by atoms with Gasteiger partial charge in [0.1, 0.15) is 18.3 Å². The van der Waals surface area contributed by atoms with Crippen molar-refractivity contribution in [2.24, 2.45) is 0 Å². The maximum absolute atomic E-state index is 14.0. The first kappa shape index (κ1) is 16.7. The van der Waals surface area contributed by atoms with Crippen LogP contribution < -0.4 is 18.1 Å². The lowest BCUT2D eigenvalue weighted by molar-refractivity contribution is -0.431. The second-order valence-electron chi connectivity index (χ2n) is 5.40. The molecule has 1 aliphatic heterocycles. The zero-order valence-corrected chi connectivity index (χ0v) is 12.3. The van der Waals surface area contributed by atoms with Gasteiger partial charge >= 0.3 is 6.09 Å². The molecule has 2 rings (SSSR count). The summed E-state index contributed by atoms with van der Waals surface area (Å²) in [6.45, 7) is 2.24. The molecule has 1 saturated heterocycles. The number of ether oxygens (including phenoxy) is 1. The molecule has 0 aliphatic carbocycles. The van der Waals surface area contributed by atoms with Crippen molar-refractivity contribution in [3.63, 3.8) is 0 Å². The van der Waals surface area contributed by atoms with Gasteiger partial charge < -0.3 is 22.9 Å². The minimum absolute atomic E-state index is 0. The maximum atomic E-state index is 14.0. The number of nitrogens with zero attached hydrogens (tertiary/aromatic N) is 1. The van der Waals surface area contributed by atoms with E-state index < -0.39 is 11.8 Å². The SMILES string of the molecule is C[C@]1(F)C[C@H]([NH3+])CN(C(=O)OCc2ccccc2)C1.[Cl-]. The number of halogens is 2. The van der Waals surface area contributed by atoms with Gasteiger partial charge in [-0.3, -0.25) is 4.90 Å². The molecular weight excluding hydrogens is 283 g/mol. The van der Waals surface area contributed by atoms with Gasteiger partial charge in [-0.15, -0.1) is 0 Å². The van der Waals surface area contributed by atoms with E-state index in [0.717, 1.165) is 5.56 Å². The lowest BCUT2D eigenvalue weighted by atomic mass is 9.94. The van der Waals surface area contributed by atoms with Crippen LogP contribution in [0.3, 0.4) is 0 Å². The van der Waals surface area contributed by atoms with Crippen molar-refractivity contribution in [2.45, 2.75) is 31.7 Å². The molecule has 0 saturated carbocycles. The summed E-state index contributed by atoms with van der Waals surface area (Å²) >= 11 is 0. The standard InChI is InChI=1S/C14H19FN2O2.ClH/c1-14(15)7-12(16)8-17(10-14)13(18)19-9-11-5-3-2-4-6-11;/h2-6,12H,7-10,16H2,1H3;1H/t12-,14-;/m0./s1. The molecule has 6 heteroatoms. The molecule has 20 heavy (non-hydrogen) atoms. The summed E-state index contributed by atoms with van der Waals surface area (Å²) in [5, 5.41) is 0. The van der Waals surface area contributed by atoms with Gasteiger partial charge in [0.05, 0.1) is 13.1 Å². The van der Waals surface area contributed by atoms with Crippen LogP contribution in [0.1, 0.15) is 18.9 Å². The van der Waals surface area contributed by atoms with Crippen LogP contribution >= 0.6 is 0 Å². The first-order valence-corrected chi connectivity index (χ1v) is 6.44. The minimum Gasteiger partial charge on any atom is -1.00 e. The number of likely N-dealkylation sites (tertiary alicyclic amines) is 1. The number of quaternary nitrogens is 1. The van der Waals surface area contributed by atoms with Crippen LogP contribution in [0.4, 0.5) is 9.18 Å². The number of rotatable bonds is 2. The average Bonchev–Trinajstić information content (AvgIpc) is 2.34. The number of benzene rings is 1. The zero-order chi connectivity index (χ0) is 13.9. The fourth-order valence-electron chi connectivity index (χ4n) is 2.45. The first-order chi connectivity index (χ1) is 8.96. The van der Waals surface area contributed by atoms with Crippen molar-refractivity contribution in [3.8, 4) is 0 Å². The number of hydrogen-bond donors (Lipinski definition) is 1. The van der Waals surface area contributed by atoms with E-state index in [1.807, 2.05) is 30.3 Å². The molecule has 1 fully saturated rings. The molecule has 112 valence electrons. The Morgan fingerprint density at radius 3 is 2.75 bits per heavy atom.